The molecule has 1 aliphatic rings. The summed E-state index contributed by atoms with van der Waals surface area (Å²) in [6, 6.07) is 31.2. The van der Waals surface area contributed by atoms with Crippen LogP contribution >= 0.6 is 0 Å². The Morgan fingerprint density at radius 2 is 1.59 bits per heavy atom. The van der Waals surface area contributed by atoms with Crippen LogP contribution in [-0.2, 0) is 15.6 Å². The number of ether oxygens (including phenoxy) is 1. The number of sulfonamides is 1. The van der Waals surface area contributed by atoms with Gasteiger partial charge in [-0.15, -0.1) is 0 Å². The molecule has 0 unspecified atom stereocenters. The van der Waals surface area contributed by atoms with Crippen molar-refractivity contribution in [3.8, 4) is 5.75 Å². The first-order valence-electron chi connectivity index (χ1n) is 13.0. The quantitative estimate of drug-likeness (QED) is 0.238. The Hall–Kier alpha value is -4.07. The van der Waals surface area contributed by atoms with Gasteiger partial charge in [0.1, 0.15) is 5.75 Å². The second kappa shape index (κ2) is 9.59. The van der Waals surface area contributed by atoms with Crippen molar-refractivity contribution in [1.82, 2.24) is 10.3 Å². The van der Waals surface area contributed by atoms with E-state index < -0.39 is 15.6 Å². The van der Waals surface area contributed by atoms with Crippen molar-refractivity contribution < 1.29 is 13.2 Å². The van der Waals surface area contributed by atoms with Gasteiger partial charge in [-0.3, -0.25) is 4.72 Å². The van der Waals surface area contributed by atoms with Crippen LogP contribution in [-0.4, -0.2) is 27.1 Å². The Kier molecular flexibility index (Phi) is 6.20. The fraction of sp³-hybridized carbons (Fsp3) is 0.188. The zero-order chi connectivity index (χ0) is 27.2. The highest BCUT2D eigenvalue weighted by molar-refractivity contribution is 7.92. The maximum Gasteiger partial charge on any atom is 0.261 e. The fourth-order valence-electron chi connectivity index (χ4n) is 5.59. The molecule has 198 valence electrons. The molecule has 39 heavy (non-hydrogen) atoms. The largest absolute Gasteiger partial charge is 0.497 e. The fourth-order valence-corrected chi connectivity index (χ4v) is 6.65. The molecule has 3 N–H and O–H groups in total. The summed E-state index contributed by atoms with van der Waals surface area (Å²) < 4.78 is 33.9. The van der Waals surface area contributed by atoms with Crippen molar-refractivity contribution in [2.75, 3.05) is 18.4 Å². The summed E-state index contributed by atoms with van der Waals surface area (Å²) in [5.74, 6) is 1.00. The normalized spacial score (nSPS) is 19.0. The molecule has 0 amide bonds. The van der Waals surface area contributed by atoms with Crippen LogP contribution in [0.25, 0.3) is 10.9 Å². The standard InChI is InChI=1S/C32H31N3O3S/c1-21-8-18-26(19-9-21)39(36,37)35-24-14-12-23(13-15-24)32(2)31-30(27-6-4-5-7-29(27)34-31)28(20-33-32)22-10-16-25(38-3)17-11-22/h4-19,28,33-35H,20H2,1-3H3/t28-,32+/m1/s1. The molecular formula is C32H31N3O3S. The lowest BCUT2D eigenvalue weighted by atomic mass is 9.76. The Bertz CT molecular complexity index is 1740. The molecule has 2 heterocycles. The van der Waals surface area contributed by atoms with Gasteiger partial charge in [0.25, 0.3) is 10.0 Å². The molecule has 7 heteroatoms. The van der Waals surface area contributed by atoms with Gasteiger partial charge in [0.15, 0.2) is 0 Å². The van der Waals surface area contributed by atoms with Crippen LogP contribution < -0.4 is 14.8 Å². The number of para-hydroxylation sites is 1. The molecule has 4 aromatic carbocycles. The van der Waals surface area contributed by atoms with Crippen LogP contribution in [0.3, 0.4) is 0 Å². The van der Waals surface area contributed by atoms with E-state index in [1.807, 2.05) is 49.4 Å². The summed E-state index contributed by atoms with van der Waals surface area (Å²) in [6.07, 6.45) is 0. The van der Waals surface area contributed by atoms with Crippen LogP contribution in [0.1, 0.15) is 40.8 Å². The lowest BCUT2D eigenvalue weighted by Gasteiger charge is -2.39. The third-order valence-corrected chi connectivity index (χ3v) is 9.22. The Morgan fingerprint density at radius 3 is 2.28 bits per heavy atom. The van der Waals surface area contributed by atoms with Gasteiger partial charge in [-0.25, -0.2) is 8.42 Å². The number of anilines is 1. The predicted octanol–water partition coefficient (Wildman–Crippen LogP) is 6.28. The maximum atomic E-state index is 12.9. The summed E-state index contributed by atoms with van der Waals surface area (Å²) in [5.41, 5.74) is 6.79. The molecule has 0 fully saturated rings. The van der Waals surface area contributed by atoms with Gasteiger partial charge >= 0.3 is 0 Å². The molecule has 0 bridgehead atoms. The highest BCUT2D eigenvalue weighted by atomic mass is 32.2. The van der Waals surface area contributed by atoms with Gasteiger partial charge in [-0.2, -0.15) is 0 Å². The molecule has 6 rings (SSSR count). The van der Waals surface area contributed by atoms with Gasteiger partial charge in [-0.05, 0) is 73.0 Å². The van der Waals surface area contributed by atoms with Crippen LogP contribution in [0.4, 0.5) is 5.69 Å². The van der Waals surface area contributed by atoms with Crippen molar-refractivity contribution >= 4 is 26.6 Å². The first kappa shape index (κ1) is 25.2. The van der Waals surface area contributed by atoms with E-state index in [-0.39, 0.29) is 10.8 Å². The number of aromatic nitrogens is 1. The minimum Gasteiger partial charge on any atom is -0.497 e. The van der Waals surface area contributed by atoms with Gasteiger partial charge in [0, 0.05) is 34.7 Å². The topological polar surface area (TPSA) is 83.2 Å². The van der Waals surface area contributed by atoms with Crippen LogP contribution in [0.5, 0.6) is 5.75 Å². The minimum absolute atomic E-state index is 0.163. The van der Waals surface area contributed by atoms with E-state index in [0.29, 0.717) is 5.69 Å². The van der Waals surface area contributed by atoms with Gasteiger partial charge in [-0.1, -0.05) is 60.2 Å². The lowest BCUT2D eigenvalue weighted by Crippen LogP contribution is -2.47. The molecule has 2 atom stereocenters. The number of hydrogen-bond donors (Lipinski definition) is 3. The molecule has 1 aromatic heterocycles. The average Bonchev–Trinajstić information content (AvgIpc) is 3.35. The summed E-state index contributed by atoms with van der Waals surface area (Å²) in [6.45, 7) is 4.86. The summed E-state index contributed by atoms with van der Waals surface area (Å²) in [7, 11) is -1.99. The highest BCUT2D eigenvalue weighted by Gasteiger charge is 2.40. The van der Waals surface area contributed by atoms with Crippen LogP contribution in [0.15, 0.2) is 102 Å². The van der Waals surface area contributed by atoms with E-state index in [9.17, 15) is 8.42 Å². The molecule has 0 spiro atoms. The summed E-state index contributed by atoms with van der Waals surface area (Å²) in [4.78, 5) is 3.95. The Morgan fingerprint density at radius 1 is 0.897 bits per heavy atom. The lowest BCUT2D eigenvalue weighted by molar-refractivity contribution is 0.389. The molecule has 0 radical (unpaired) electrons. The van der Waals surface area contributed by atoms with E-state index in [2.05, 4.69) is 52.3 Å². The number of rotatable bonds is 6. The molecule has 1 aliphatic heterocycles. The van der Waals surface area contributed by atoms with Gasteiger partial charge in [0.05, 0.1) is 17.5 Å². The van der Waals surface area contributed by atoms with E-state index >= 15 is 0 Å². The van der Waals surface area contributed by atoms with E-state index in [0.717, 1.165) is 34.6 Å². The molecule has 5 aromatic rings. The summed E-state index contributed by atoms with van der Waals surface area (Å²) >= 11 is 0. The first-order chi connectivity index (χ1) is 18.8. The molecule has 0 saturated heterocycles. The molecule has 0 aliphatic carbocycles. The van der Waals surface area contributed by atoms with Gasteiger partial charge in [0.2, 0.25) is 0 Å². The number of hydrogen-bond acceptors (Lipinski definition) is 4. The number of benzene rings is 4. The van der Waals surface area contributed by atoms with Crippen molar-refractivity contribution in [3.05, 3.63) is 125 Å². The van der Waals surface area contributed by atoms with Crippen LogP contribution in [0, 0.1) is 6.92 Å². The number of methoxy groups -OCH3 is 1. The zero-order valence-corrected chi connectivity index (χ0v) is 23.0. The van der Waals surface area contributed by atoms with Crippen LogP contribution in [0.2, 0.25) is 0 Å². The third kappa shape index (κ3) is 4.47. The SMILES string of the molecule is COc1ccc([C@H]2CN[C@@](C)(c3ccc(NS(=O)(=O)c4ccc(C)cc4)cc3)c3[nH]c4ccccc4c32)cc1. The van der Waals surface area contributed by atoms with E-state index in [4.69, 9.17) is 4.74 Å². The number of H-pyrrole nitrogens is 1. The summed E-state index contributed by atoms with van der Waals surface area (Å²) in [5, 5.41) is 5.02. The predicted molar refractivity (Wildman–Crippen MR) is 156 cm³/mol. The molecule has 0 saturated carbocycles. The number of aryl methyl sites for hydroxylation is 1. The second-order valence-electron chi connectivity index (χ2n) is 10.3. The maximum absolute atomic E-state index is 12.9. The number of nitrogens with one attached hydrogen (secondary N) is 3. The van der Waals surface area contributed by atoms with Crippen molar-refractivity contribution in [2.24, 2.45) is 0 Å². The molecule has 6 nitrogen and oxygen atoms in total. The Labute approximate surface area is 229 Å². The molecular weight excluding hydrogens is 506 g/mol. The second-order valence-corrected chi connectivity index (χ2v) is 12.0. The van der Waals surface area contributed by atoms with Crippen molar-refractivity contribution in [3.63, 3.8) is 0 Å². The average molecular weight is 538 g/mol. The van der Waals surface area contributed by atoms with E-state index in [1.54, 1.807) is 31.4 Å². The first-order valence-corrected chi connectivity index (χ1v) is 14.5. The zero-order valence-electron chi connectivity index (χ0n) is 22.2. The third-order valence-electron chi connectivity index (χ3n) is 7.82. The highest BCUT2D eigenvalue weighted by Crippen LogP contribution is 2.44. The van der Waals surface area contributed by atoms with E-state index in [1.165, 1.54) is 16.5 Å². The smallest absolute Gasteiger partial charge is 0.261 e. The number of aromatic amines is 1. The van der Waals surface area contributed by atoms with Gasteiger partial charge < -0.3 is 15.0 Å². The number of fused-ring (bicyclic) bond motifs is 3. The minimum atomic E-state index is -3.67. The monoisotopic (exact) mass is 537 g/mol. The van der Waals surface area contributed by atoms with Crippen molar-refractivity contribution in [1.29, 1.82) is 0 Å². The van der Waals surface area contributed by atoms with Crippen molar-refractivity contribution in [2.45, 2.75) is 30.2 Å². The Balaban J connectivity index is 1.36.